The third-order valence-electron chi connectivity index (χ3n) is 3.80. The van der Waals surface area contributed by atoms with Crippen molar-refractivity contribution in [2.75, 3.05) is 4.72 Å². The molecule has 0 spiro atoms. The van der Waals surface area contributed by atoms with Crippen LogP contribution in [0.1, 0.15) is 31.9 Å². The van der Waals surface area contributed by atoms with Crippen molar-refractivity contribution in [3.05, 3.63) is 29.3 Å². The highest BCUT2D eigenvalue weighted by molar-refractivity contribution is 7.92. The normalized spacial score (nSPS) is 19.9. The molecule has 118 valence electrons. The summed E-state index contributed by atoms with van der Waals surface area (Å²) in [4.78, 5) is 8.29. The van der Waals surface area contributed by atoms with Crippen molar-refractivity contribution < 1.29 is 8.42 Å². The highest BCUT2D eigenvalue weighted by Crippen LogP contribution is 2.58. The lowest BCUT2D eigenvalue weighted by atomic mass is 10.1. The van der Waals surface area contributed by atoms with Crippen molar-refractivity contribution >= 4 is 27.6 Å². The number of rotatable bonds is 4. The Morgan fingerprint density at radius 2 is 2.09 bits per heavy atom. The predicted molar refractivity (Wildman–Crippen MR) is 82.2 cm³/mol. The second-order valence-corrected chi connectivity index (χ2v) is 8.21. The molecule has 0 bridgehead atoms. The molecule has 1 N–H and O–H groups in total. The Kier molecular flexibility index (Phi) is 3.41. The second kappa shape index (κ2) is 4.92. The summed E-state index contributed by atoms with van der Waals surface area (Å²) < 4.78 is 28.3. The molecular formula is C13H16ClN5O2S. The third-order valence-corrected chi connectivity index (χ3v) is 5.28. The van der Waals surface area contributed by atoms with Gasteiger partial charge < -0.3 is 0 Å². The minimum atomic E-state index is -3.78. The minimum absolute atomic E-state index is 0.0194. The van der Waals surface area contributed by atoms with Gasteiger partial charge in [0, 0.05) is 19.2 Å². The van der Waals surface area contributed by atoms with E-state index in [1.807, 2.05) is 0 Å². The topological polar surface area (TPSA) is 89.8 Å². The lowest BCUT2D eigenvalue weighted by Gasteiger charge is -2.08. The van der Waals surface area contributed by atoms with E-state index >= 15 is 0 Å². The molecule has 0 aliphatic heterocycles. The van der Waals surface area contributed by atoms with E-state index in [0.29, 0.717) is 0 Å². The van der Waals surface area contributed by atoms with Crippen LogP contribution in [0, 0.1) is 5.41 Å². The molecular weight excluding hydrogens is 326 g/mol. The van der Waals surface area contributed by atoms with Gasteiger partial charge in [-0.25, -0.2) is 23.1 Å². The molecule has 1 aliphatic rings. The molecule has 0 aromatic carbocycles. The molecule has 2 heterocycles. The second-order valence-electron chi connectivity index (χ2n) is 6.14. The monoisotopic (exact) mass is 341 g/mol. The van der Waals surface area contributed by atoms with Crippen molar-refractivity contribution in [2.45, 2.75) is 31.1 Å². The Morgan fingerprint density at radius 3 is 2.64 bits per heavy atom. The number of hydrogen-bond acceptors (Lipinski definition) is 5. The van der Waals surface area contributed by atoms with E-state index in [9.17, 15) is 8.42 Å². The van der Waals surface area contributed by atoms with E-state index in [1.54, 1.807) is 13.1 Å². The number of aryl methyl sites for hydroxylation is 1. The van der Waals surface area contributed by atoms with Crippen LogP contribution >= 0.6 is 11.6 Å². The Hall–Kier alpha value is -1.67. The predicted octanol–water partition coefficient (Wildman–Crippen LogP) is 2.18. The Labute approximate surface area is 133 Å². The number of anilines is 1. The number of nitrogens with one attached hydrogen (secondary N) is 1. The smallest absolute Gasteiger partial charge is 0.267 e. The fraction of sp³-hybridized carbons (Fsp3) is 0.462. The van der Waals surface area contributed by atoms with Crippen molar-refractivity contribution in [3.63, 3.8) is 0 Å². The van der Waals surface area contributed by atoms with Crippen LogP contribution in [0.25, 0.3) is 0 Å². The van der Waals surface area contributed by atoms with Gasteiger partial charge in [0.05, 0.1) is 11.9 Å². The number of nitrogens with zero attached hydrogens (tertiary/aromatic N) is 4. The van der Waals surface area contributed by atoms with Gasteiger partial charge in [-0.15, -0.1) is 0 Å². The van der Waals surface area contributed by atoms with Gasteiger partial charge in [0.15, 0.2) is 0 Å². The molecule has 1 aliphatic carbocycles. The Bertz CT molecular complexity index is 831. The number of aromatic nitrogens is 4. The number of hydrogen-bond donors (Lipinski definition) is 1. The van der Waals surface area contributed by atoms with Gasteiger partial charge in [0.25, 0.3) is 10.0 Å². The molecule has 1 atom stereocenters. The van der Waals surface area contributed by atoms with Crippen LogP contribution in [0.2, 0.25) is 5.15 Å². The average molecular weight is 342 g/mol. The first kappa shape index (κ1) is 15.2. The van der Waals surface area contributed by atoms with Crippen LogP contribution in [0.5, 0.6) is 0 Å². The Morgan fingerprint density at radius 1 is 1.41 bits per heavy atom. The molecule has 7 nitrogen and oxygen atoms in total. The number of sulfonamides is 1. The summed E-state index contributed by atoms with van der Waals surface area (Å²) in [5.41, 5.74) is 0.922. The molecule has 1 saturated carbocycles. The molecule has 0 radical (unpaired) electrons. The van der Waals surface area contributed by atoms with E-state index in [2.05, 4.69) is 33.6 Å². The van der Waals surface area contributed by atoms with Crippen LogP contribution in [0.4, 0.5) is 5.95 Å². The standard InChI is InChI=1S/C13H16ClN5O2S/c1-13(2)5-9(13)10-4-11(14)17-12(16-10)18-22(20,21)8-6-15-19(3)7-8/h4,6-7,9H,5H2,1-3H3,(H,16,17,18). The average Bonchev–Trinajstić information content (AvgIpc) is 2.79. The molecule has 1 unspecified atom stereocenters. The summed E-state index contributed by atoms with van der Waals surface area (Å²) in [5, 5.41) is 4.07. The zero-order valence-electron chi connectivity index (χ0n) is 12.4. The summed E-state index contributed by atoms with van der Waals surface area (Å²) in [7, 11) is -2.14. The van der Waals surface area contributed by atoms with Crippen LogP contribution in [0.15, 0.2) is 23.4 Å². The maximum absolute atomic E-state index is 12.3. The lowest BCUT2D eigenvalue weighted by molar-refractivity contribution is 0.600. The van der Waals surface area contributed by atoms with Crippen molar-refractivity contribution in [1.82, 2.24) is 19.7 Å². The van der Waals surface area contributed by atoms with Gasteiger partial charge >= 0.3 is 0 Å². The van der Waals surface area contributed by atoms with E-state index < -0.39 is 10.0 Å². The first-order valence-corrected chi connectivity index (χ1v) is 8.59. The van der Waals surface area contributed by atoms with Gasteiger partial charge in [0.1, 0.15) is 10.0 Å². The highest BCUT2D eigenvalue weighted by atomic mass is 35.5. The minimum Gasteiger partial charge on any atom is -0.274 e. The van der Waals surface area contributed by atoms with E-state index in [0.717, 1.165) is 12.1 Å². The van der Waals surface area contributed by atoms with Crippen molar-refractivity contribution in [3.8, 4) is 0 Å². The van der Waals surface area contributed by atoms with Gasteiger partial charge in [0.2, 0.25) is 5.95 Å². The van der Waals surface area contributed by atoms with Gasteiger partial charge in [-0.2, -0.15) is 5.10 Å². The molecule has 2 aromatic heterocycles. The van der Waals surface area contributed by atoms with Gasteiger partial charge in [-0.1, -0.05) is 25.4 Å². The maximum atomic E-state index is 12.3. The fourth-order valence-corrected chi connectivity index (χ4v) is 3.47. The van der Waals surface area contributed by atoms with Crippen LogP contribution in [0.3, 0.4) is 0 Å². The van der Waals surface area contributed by atoms with E-state index in [-0.39, 0.29) is 27.3 Å². The SMILES string of the molecule is Cn1cc(S(=O)(=O)Nc2nc(Cl)cc(C3CC3(C)C)n2)cn1. The molecule has 1 fully saturated rings. The first-order valence-electron chi connectivity index (χ1n) is 6.73. The largest absolute Gasteiger partial charge is 0.274 e. The van der Waals surface area contributed by atoms with Gasteiger partial charge in [-0.05, 0) is 17.9 Å². The molecule has 9 heteroatoms. The summed E-state index contributed by atoms with van der Waals surface area (Å²) in [6.45, 7) is 4.26. The van der Waals surface area contributed by atoms with E-state index in [4.69, 9.17) is 11.6 Å². The summed E-state index contributed by atoms with van der Waals surface area (Å²) in [6.07, 6.45) is 3.66. The quantitative estimate of drug-likeness (QED) is 0.861. The first-order chi connectivity index (χ1) is 10.2. The zero-order valence-corrected chi connectivity index (χ0v) is 14.0. The van der Waals surface area contributed by atoms with Crippen LogP contribution in [-0.2, 0) is 17.1 Å². The summed E-state index contributed by atoms with van der Waals surface area (Å²) in [5.74, 6) is 0.253. The summed E-state index contributed by atoms with van der Waals surface area (Å²) >= 11 is 5.99. The third kappa shape index (κ3) is 2.93. The molecule has 2 aromatic rings. The lowest BCUT2D eigenvalue weighted by Crippen LogP contribution is -2.15. The van der Waals surface area contributed by atoms with Crippen LogP contribution in [-0.4, -0.2) is 28.2 Å². The zero-order chi connectivity index (χ0) is 16.1. The summed E-state index contributed by atoms with van der Waals surface area (Å²) in [6, 6.07) is 1.68. The van der Waals surface area contributed by atoms with Crippen LogP contribution < -0.4 is 4.72 Å². The Balaban J connectivity index is 1.89. The molecule has 0 saturated heterocycles. The van der Waals surface area contributed by atoms with Crippen molar-refractivity contribution in [2.24, 2.45) is 12.5 Å². The maximum Gasteiger partial charge on any atom is 0.267 e. The van der Waals surface area contributed by atoms with E-state index in [1.165, 1.54) is 17.1 Å². The molecule has 0 amide bonds. The fourth-order valence-electron chi connectivity index (χ4n) is 2.35. The number of halogens is 1. The molecule has 3 rings (SSSR count). The van der Waals surface area contributed by atoms with Gasteiger partial charge in [-0.3, -0.25) is 4.68 Å². The highest BCUT2D eigenvalue weighted by Gasteiger charge is 2.47. The molecule has 22 heavy (non-hydrogen) atoms. The van der Waals surface area contributed by atoms with Crippen molar-refractivity contribution in [1.29, 1.82) is 0 Å².